The number of aromatic amines is 1. The molecule has 2 aromatic rings. The van der Waals surface area contributed by atoms with E-state index < -0.39 is 11.4 Å². The van der Waals surface area contributed by atoms with Crippen LogP contribution in [0.4, 0.5) is 10.3 Å². The molecular formula is C17H18FN5O. The van der Waals surface area contributed by atoms with Crippen LogP contribution in [0.3, 0.4) is 0 Å². The number of H-pyrrole nitrogens is 1. The van der Waals surface area contributed by atoms with Crippen molar-refractivity contribution in [2.24, 2.45) is 5.73 Å². The van der Waals surface area contributed by atoms with Gasteiger partial charge in [-0.15, -0.1) is 0 Å². The number of piperidine rings is 1. The van der Waals surface area contributed by atoms with Gasteiger partial charge in [-0.2, -0.15) is 9.65 Å². The molecule has 1 aliphatic rings. The summed E-state index contributed by atoms with van der Waals surface area (Å²) < 4.78 is 14.2. The highest BCUT2D eigenvalue weighted by molar-refractivity contribution is 5.40. The van der Waals surface area contributed by atoms with E-state index >= 15 is 0 Å². The van der Waals surface area contributed by atoms with E-state index in [0.29, 0.717) is 23.6 Å². The van der Waals surface area contributed by atoms with Crippen molar-refractivity contribution in [1.82, 2.24) is 9.97 Å². The normalized spacial score (nSPS) is 17.5. The van der Waals surface area contributed by atoms with Gasteiger partial charge in [-0.05, 0) is 24.5 Å². The van der Waals surface area contributed by atoms with Gasteiger partial charge in [0.2, 0.25) is 11.8 Å². The van der Waals surface area contributed by atoms with Crippen molar-refractivity contribution in [1.29, 1.82) is 5.26 Å². The second-order valence-electron chi connectivity index (χ2n) is 5.94. The van der Waals surface area contributed by atoms with Crippen LogP contribution in [0.25, 0.3) is 0 Å². The summed E-state index contributed by atoms with van der Waals surface area (Å²) in [6, 6.07) is 8.98. The Balaban J connectivity index is 1.96. The number of rotatable bonds is 3. The third-order valence-electron chi connectivity index (χ3n) is 4.17. The first-order valence-electron chi connectivity index (χ1n) is 7.85. The Morgan fingerprint density at radius 2 is 2.25 bits per heavy atom. The molecule has 2 heterocycles. The number of hydrogen-bond donors (Lipinski definition) is 2. The molecule has 1 atom stereocenters. The SMILES string of the molecule is N#Cc1ccccc1Cc1nc(N2CCC[C@@H](N)C2)[nH]c(=O)c1F. The van der Waals surface area contributed by atoms with Crippen molar-refractivity contribution in [2.75, 3.05) is 18.0 Å². The molecule has 1 aliphatic heterocycles. The molecule has 1 aromatic carbocycles. The molecule has 1 aromatic heterocycles. The van der Waals surface area contributed by atoms with Crippen molar-refractivity contribution in [3.8, 4) is 6.07 Å². The molecule has 0 spiro atoms. The highest BCUT2D eigenvalue weighted by Crippen LogP contribution is 2.18. The zero-order valence-corrected chi connectivity index (χ0v) is 13.1. The lowest BCUT2D eigenvalue weighted by Gasteiger charge is -2.31. The van der Waals surface area contributed by atoms with Gasteiger partial charge in [-0.25, -0.2) is 4.98 Å². The average Bonchev–Trinajstić information content (AvgIpc) is 2.59. The third-order valence-corrected chi connectivity index (χ3v) is 4.17. The Hall–Kier alpha value is -2.72. The van der Waals surface area contributed by atoms with Crippen molar-refractivity contribution < 1.29 is 4.39 Å². The summed E-state index contributed by atoms with van der Waals surface area (Å²) in [6.45, 7) is 1.29. The maximum Gasteiger partial charge on any atom is 0.288 e. The zero-order chi connectivity index (χ0) is 17.1. The maximum absolute atomic E-state index is 14.2. The van der Waals surface area contributed by atoms with E-state index in [2.05, 4.69) is 16.0 Å². The number of benzene rings is 1. The van der Waals surface area contributed by atoms with E-state index in [4.69, 9.17) is 11.0 Å². The van der Waals surface area contributed by atoms with E-state index in [0.717, 1.165) is 19.4 Å². The first kappa shape index (κ1) is 16.1. The number of nitriles is 1. The summed E-state index contributed by atoms with van der Waals surface area (Å²) in [6.07, 6.45) is 1.91. The van der Waals surface area contributed by atoms with E-state index in [9.17, 15) is 9.18 Å². The summed E-state index contributed by atoms with van der Waals surface area (Å²) in [7, 11) is 0. The van der Waals surface area contributed by atoms with Crippen LogP contribution in [0.1, 0.15) is 29.7 Å². The summed E-state index contributed by atoms with van der Waals surface area (Å²) in [5.74, 6) is -0.575. The van der Waals surface area contributed by atoms with Crippen molar-refractivity contribution >= 4 is 5.95 Å². The zero-order valence-electron chi connectivity index (χ0n) is 13.1. The molecule has 3 N–H and O–H groups in total. The van der Waals surface area contributed by atoms with Gasteiger partial charge in [0.05, 0.1) is 17.3 Å². The van der Waals surface area contributed by atoms with Crippen LogP contribution in [0, 0.1) is 17.1 Å². The highest BCUT2D eigenvalue weighted by Gasteiger charge is 2.21. The number of nitrogens with one attached hydrogen (secondary N) is 1. The highest BCUT2D eigenvalue weighted by atomic mass is 19.1. The molecule has 124 valence electrons. The van der Waals surface area contributed by atoms with E-state index in [-0.39, 0.29) is 18.2 Å². The van der Waals surface area contributed by atoms with Gasteiger partial charge < -0.3 is 10.6 Å². The minimum absolute atomic E-state index is 0.0110. The second-order valence-corrected chi connectivity index (χ2v) is 5.94. The largest absolute Gasteiger partial charge is 0.341 e. The van der Waals surface area contributed by atoms with E-state index in [1.165, 1.54) is 0 Å². The molecule has 0 amide bonds. The predicted molar refractivity (Wildman–Crippen MR) is 88.2 cm³/mol. The van der Waals surface area contributed by atoms with Gasteiger partial charge in [0.1, 0.15) is 0 Å². The first-order chi connectivity index (χ1) is 11.6. The number of halogens is 1. The summed E-state index contributed by atoms with van der Waals surface area (Å²) in [4.78, 5) is 20.6. The van der Waals surface area contributed by atoms with Crippen LogP contribution < -0.4 is 16.2 Å². The lowest BCUT2D eigenvalue weighted by Crippen LogP contribution is -2.44. The Morgan fingerprint density at radius 1 is 1.46 bits per heavy atom. The summed E-state index contributed by atoms with van der Waals surface area (Å²) in [5, 5.41) is 9.15. The smallest absolute Gasteiger partial charge is 0.288 e. The van der Waals surface area contributed by atoms with Gasteiger partial charge >= 0.3 is 0 Å². The number of hydrogen-bond acceptors (Lipinski definition) is 5. The van der Waals surface area contributed by atoms with Crippen molar-refractivity contribution in [3.63, 3.8) is 0 Å². The van der Waals surface area contributed by atoms with E-state index in [1.807, 2.05) is 4.90 Å². The predicted octanol–water partition coefficient (Wildman–Crippen LogP) is 1.30. The second kappa shape index (κ2) is 6.81. The van der Waals surface area contributed by atoms with E-state index in [1.54, 1.807) is 24.3 Å². The average molecular weight is 327 g/mol. The van der Waals surface area contributed by atoms with Crippen LogP contribution in [0.2, 0.25) is 0 Å². The lowest BCUT2D eigenvalue weighted by molar-refractivity contribution is 0.495. The van der Waals surface area contributed by atoms with Crippen molar-refractivity contribution in [2.45, 2.75) is 25.3 Å². The van der Waals surface area contributed by atoms with Gasteiger partial charge in [0.25, 0.3) is 5.56 Å². The fraction of sp³-hybridized carbons (Fsp3) is 0.353. The number of nitrogens with zero attached hydrogens (tertiary/aromatic N) is 3. The van der Waals surface area contributed by atoms with Crippen LogP contribution in [0.15, 0.2) is 29.1 Å². The number of aromatic nitrogens is 2. The summed E-state index contributed by atoms with van der Waals surface area (Å²) >= 11 is 0. The molecule has 1 fully saturated rings. The fourth-order valence-corrected chi connectivity index (χ4v) is 2.93. The molecule has 3 rings (SSSR count). The van der Waals surface area contributed by atoms with Gasteiger partial charge in [-0.1, -0.05) is 18.2 Å². The molecule has 1 saturated heterocycles. The standard InChI is InChI=1S/C17H18FN5O/c18-15-14(8-11-4-1-2-5-12(11)9-19)21-17(22-16(15)24)23-7-3-6-13(20)10-23/h1-2,4-5,13H,3,6-8,10,20H2,(H,21,22,24)/t13-/m1/s1. The minimum atomic E-state index is -0.909. The molecule has 0 aliphatic carbocycles. The molecule has 0 saturated carbocycles. The fourth-order valence-electron chi connectivity index (χ4n) is 2.93. The summed E-state index contributed by atoms with van der Waals surface area (Å²) in [5.41, 5.74) is 6.28. The van der Waals surface area contributed by atoms with Gasteiger partial charge in [0.15, 0.2) is 0 Å². The third kappa shape index (κ3) is 3.29. The molecule has 0 bridgehead atoms. The Kier molecular flexibility index (Phi) is 4.58. The minimum Gasteiger partial charge on any atom is -0.341 e. The van der Waals surface area contributed by atoms with Gasteiger partial charge in [0, 0.05) is 25.6 Å². The van der Waals surface area contributed by atoms with Crippen molar-refractivity contribution in [3.05, 3.63) is 57.3 Å². The Labute approximate surface area is 138 Å². The lowest BCUT2D eigenvalue weighted by atomic mass is 10.0. The molecule has 0 radical (unpaired) electrons. The topological polar surface area (TPSA) is 98.8 Å². The Bertz CT molecular complexity index is 842. The molecule has 24 heavy (non-hydrogen) atoms. The van der Waals surface area contributed by atoms with Crippen LogP contribution in [-0.2, 0) is 6.42 Å². The molecule has 7 heteroatoms. The number of nitrogens with two attached hydrogens (primary N) is 1. The van der Waals surface area contributed by atoms with Gasteiger partial charge in [-0.3, -0.25) is 9.78 Å². The molecule has 0 unspecified atom stereocenters. The maximum atomic E-state index is 14.2. The van der Waals surface area contributed by atoms with Crippen LogP contribution in [-0.4, -0.2) is 29.1 Å². The van der Waals surface area contributed by atoms with Crippen LogP contribution in [0.5, 0.6) is 0 Å². The van der Waals surface area contributed by atoms with Crippen LogP contribution >= 0.6 is 0 Å². The number of anilines is 1. The monoisotopic (exact) mass is 327 g/mol. The quantitative estimate of drug-likeness (QED) is 0.885. The Morgan fingerprint density at radius 3 is 3.00 bits per heavy atom. The first-order valence-corrected chi connectivity index (χ1v) is 7.85. The molecule has 6 nitrogen and oxygen atoms in total. The molecular weight excluding hydrogens is 309 g/mol.